The van der Waals surface area contributed by atoms with Crippen molar-refractivity contribution in [1.82, 2.24) is 4.90 Å². The van der Waals surface area contributed by atoms with Crippen LogP contribution in [-0.2, 0) is 6.61 Å². The summed E-state index contributed by atoms with van der Waals surface area (Å²) in [5, 5.41) is 0. The monoisotopic (exact) mass is 327 g/mol. The number of amides is 1. The number of rotatable bonds is 1. The quantitative estimate of drug-likeness (QED) is 0.775. The molecule has 2 atom stereocenters. The lowest BCUT2D eigenvalue weighted by Crippen LogP contribution is -2.42. The van der Waals surface area contributed by atoms with Crippen molar-refractivity contribution < 1.29 is 9.53 Å². The molecule has 0 bridgehead atoms. The Bertz CT molecular complexity index is 742. The van der Waals surface area contributed by atoms with Crippen LogP contribution in [0, 0.1) is 11.8 Å². The summed E-state index contributed by atoms with van der Waals surface area (Å²) < 4.78 is 5.80. The molecule has 0 N–H and O–H groups in total. The van der Waals surface area contributed by atoms with Crippen molar-refractivity contribution in [1.29, 1.82) is 0 Å². The molecule has 0 spiro atoms. The lowest BCUT2D eigenvalue weighted by molar-refractivity contribution is 0.0628. The molecule has 2 aromatic rings. The minimum absolute atomic E-state index is 0.181. The molecule has 1 aromatic carbocycles. The van der Waals surface area contributed by atoms with Crippen LogP contribution in [-0.4, -0.2) is 23.9 Å². The van der Waals surface area contributed by atoms with Gasteiger partial charge in [-0.25, -0.2) is 0 Å². The molecular formula is C19H21NO2S. The summed E-state index contributed by atoms with van der Waals surface area (Å²) in [7, 11) is 0. The van der Waals surface area contributed by atoms with E-state index in [1.54, 1.807) is 11.3 Å². The summed E-state index contributed by atoms with van der Waals surface area (Å²) in [5.74, 6) is 2.27. The van der Waals surface area contributed by atoms with E-state index in [9.17, 15) is 4.79 Å². The number of carbonyl (C=O) groups excluding carboxylic acids is 1. The molecule has 3 heterocycles. The van der Waals surface area contributed by atoms with Crippen molar-refractivity contribution in [3.63, 3.8) is 0 Å². The van der Waals surface area contributed by atoms with E-state index in [1.165, 1.54) is 11.3 Å². The van der Waals surface area contributed by atoms with E-state index < -0.39 is 0 Å². The zero-order valence-corrected chi connectivity index (χ0v) is 14.4. The van der Waals surface area contributed by atoms with Gasteiger partial charge in [0.05, 0.1) is 4.88 Å². The van der Waals surface area contributed by atoms with E-state index in [2.05, 4.69) is 19.9 Å². The van der Waals surface area contributed by atoms with E-state index in [-0.39, 0.29) is 5.91 Å². The highest BCUT2D eigenvalue weighted by atomic mass is 32.1. The Balaban J connectivity index is 1.65. The zero-order valence-electron chi connectivity index (χ0n) is 13.5. The third kappa shape index (κ3) is 2.65. The Hall–Kier alpha value is -1.81. The number of hydrogen-bond acceptors (Lipinski definition) is 3. The predicted octanol–water partition coefficient (Wildman–Crippen LogP) is 4.43. The zero-order chi connectivity index (χ0) is 16.0. The Morgan fingerprint density at radius 3 is 2.74 bits per heavy atom. The molecule has 2 aliphatic rings. The van der Waals surface area contributed by atoms with Crippen molar-refractivity contribution in [2.75, 3.05) is 13.1 Å². The number of thiophene rings is 1. The van der Waals surface area contributed by atoms with E-state index in [1.807, 2.05) is 29.2 Å². The first kappa shape index (κ1) is 14.8. The van der Waals surface area contributed by atoms with E-state index in [0.29, 0.717) is 18.4 Å². The van der Waals surface area contributed by atoms with Crippen LogP contribution in [0.3, 0.4) is 0 Å². The number of piperidine rings is 1. The second-order valence-corrected chi connectivity index (χ2v) is 7.96. The van der Waals surface area contributed by atoms with Crippen LogP contribution >= 0.6 is 11.3 Å². The fourth-order valence-electron chi connectivity index (χ4n) is 3.79. The van der Waals surface area contributed by atoms with Crippen LogP contribution in [0.15, 0.2) is 30.3 Å². The van der Waals surface area contributed by atoms with Crippen molar-refractivity contribution >= 4 is 17.2 Å². The highest BCUT2D eigenvalue weighted by Gasteiger charge is 2.29. The van der Waals surface area contributed by atoms with E-state index >= 15 is 0 Å². The molecule has 0 radical (unpaired) electrons. The first-order valence-electron chi connectivity index (χ1n) is 8.26. The fraction of sp³-hybridized carbons (Fsp3) is 0.421. The maximum absolute atomic E-state index is 12.9. The first-order chi connectivity index (χ1) is 11.1. The fourth-order valence-corrected chi connectivity index (χ4v) is 4.95. The van der Waals surface area contributed by atoms with Gasteiger partial charge >= 0.3 is 0 Å². The van der Waals surface area contributed by atoms with Gasteiger partial charge in [0.25, 0.3) is 5.91 Å². The lowest BCUT2D eigenvalue weighted by atomic mass is 9.92. The van der Waals surface area contributed by atoms with Gasteiger partial charge in [-0.1, -0.05) is 26.0 Å². The topological polar surface area (TPSA) is 29.5 Å². The minimum atomic E-state index is 0.181. The SMILES string of the molecule is C[C@@H]1C[C@@H](C)CN(C(=O)c2cc3c(s2)-c2ccccc2OC3)C1. The minimum Gasteiger partial charge on any atom is -0.488 e. The number of hydrogen-bond donors (Lipinski definition) is 0. The van der Waals surface area contributed by atoms with Crippen LogP contribution in [0.5, 0.6) is 5.75 Å². The van der Waals surface area contributed by atoms with E-state index in [4.69, 9.17) is 4.74 Å². The van der Waals surface area contributed by atoms with E-state index in [0.717, 1.165) is 34.8 Å². The number of para-hydroxylation sites is 1. The Morgan fingerprint density at radius 2 is 1.96 bits per heavy atom. The second-order valence-electron chi connectivity index (χ2n) is 6.91. The summed E-state index contributed by atoms with van der Waals surface area (Å²) in [6.07, 6.45) is 1.21. The molecule has 4 rings (SSSR count). The molecule has 0 saturated carbocycles. The summed E-state index contributed by atoms with van der Waals surface area (Å²) >= 11 is 1.61. The number of likely N-dealkylation sites (tertiary alicyclic amines) is 1. The molecule has 1 saturated heterocycles. The molecule has 23 heavy (non-hydrogen) atoms. The number of ether oxygens (including phenoxy) is 1. The van der Waals surface area contributed by atoms with Gasteiger partial charge < -0.3 is 9.64 Å². The number of fused-ring (bicyclic) bond motifs is 3. The summed E-state index contributed by atoms with van der Waals surface area (Å²) in [5.41, 5.74) is 2.24. The molecule has 0 aliphatic carbocycles. The van der Waals surface area contributed by atoms with Crippen molar-refractivity contribution in [3.05, 3.63) is 40.8 Å². The molecule has 4 heteroatoms. The molecule has 2 aliphatic heterocycles. The first-order valence-corrected chi connectivity index (χ1v) is 9.07. The third-order valence-corrected chi connectivity index (χ3v) is 5.89. The van der Waals surface area contributed by atoms with Crippen molar-refractivity contribution in [2.24, 2.45) is 11.8 Å². The average Bonchev–Trinajstić information content (AvgIpc) is 2.98. The van der Waals surface area contributed by atoms with Crippen LogP contribution in [0.25, 0.3) is 10.4 Å². The lowest BCUT2D eigenvalue weighted by Gasteiger charge is -2.34. The molecule has 1 fully saturated rings. The van der Waals surface area contributed by atoms with Crippen LogP contribution in [0.2, 0.25) is 0 Å². The van der Waals surface area contributed by atoms with Crippen molar-refractivity contribution in [2.45, 2.75) is 26.9 Å². The Labute approximate surface area is 140 Å². The molecule has 3 nitrogen and oxygen atoms in total. The van der Waals surface area contributed by atoms with Gasteiger partial charge in [-0.05, 0) is 36.5 Å². The average molecular weight is 327 g/mol. The molecule has 0 unspecified atom stereocenters. The maximum atomic E-state index is 12.9. The highest BCUT2D eigenvalue weighted by molar-refractivity contribution is 7.17. The van der Waals surface area contributed by atoms with Gasteiger partial charge in [0.15, 0.2) is 0 Å². The smallest absolute Gasteiger partial charge is 0.263 e. The largest absolute Gasteiger partial charge is 0.488 e. The summed E-state index contributed by atoms with van der Waals surface area (Å²) in [4.78, 5) is 17.0. The number of benzene rings is 1. The Kier molecular flexibility index (Phi) is 3.64. The van der Waals surface area contributed by atoms with Crippen LogP contribution < -0.4 is 4.74 Å². The molecule has 1 amide bonds. The summed E-state index contributed by atoms with van der Waals surface area (Å²) in [6.45, 7) is 6.78. The van der Waals surface area contributed by atoms with Gasteiger partial charge in [0, 0.05) is 29.1 Å². The van der Waals surface area contributed by atoms with Gasteiger partial charge in [-0.2, -0.15) is 0 Å². The molecular weight excluding hydrogens is 306 g/mol. The van der Waals surface area contributed by atoms with Gasteiger partial charge in [0.1, 0.15) is 12.4 Å². The maximum Gasteiger partial charge on any atom is 0.263 e. The standard InChI is InChI=1S/C19H21NO2S/c1-12-7-13(2)10-20(9-12)19(21)17-8-14-11-22-16-6-4-3-5-15(16)18(14)23-17/h3-6,8,12-13H,7,9-11H2,1-2H3/t12-,13-/m1/s1. The summed E-state index contributed by atoms with van der Waals surface area (Å²) in [6, 6.07) is 10.1. The second kappa shape index (κ2) is 5.68. The van der Waals surface area contributed by atoms with Crippen LogP contribution in [0.4, 0.5) is 0 Å². The normalized spacial score (nSPS) is 23.0. The highest BCUT2D eigenvalue weighted by Crippen LogP contribution is 2.42. The third-order valence-electron chi connectivity index (χ3n) is 4.69. The number of nitrogens with zero attached hydrogens (tertiary/aromatic N) is 1. The van der Waals surface area contributed by atoms with Crippen molar-refractivity contribution in [3.8, 4) is 16.2 Å². The van der Waals surface area contributed by atoms with Crippen LogP contribution in [0.1, 0.15) is 35.5 Å². The Morgan fingerprint density at radius 1 is 1.22 bits per heavy atom. The predicted molar refractivity (Wildman–Crippen MR) is 92.9 cm³/mol. The van der Waals surface area contributed by atoms with Gasteiger partial charge in [-0.15, -0.1) is 11.3 Å². The number of carbonyl (C=O) groups is 1. The van der Waals surface area contributed by atoms with Gasteiger partial charge in [-0.3, -0.25) is 4.79 Å². The molecule has 120 valence electrons. The molecule has 1 aromatic heterocycles. The van der Waals surface area contributed by atoms with Gasteiger partial charge in [0.2, 0.25) is 0 Å².